The minimum absolute atomic E-state index is 0.754. The van der Waals surface area contributed by atoms with Crippen LogP contribution in [0.15, 0.2) is 55.7 Å². The Balaban J connectivity index is 1.20. The molecule has 3 aliphatic carbocycles. The monoisotopic (exact) mass is 318 g/mol. The summed E-state index contributed by atoms with van der Waals surface area (Å²) in [7, 11) is 0. The standard InChI is InChI=1S/C24H30/c1-4-16(2)23-14-21(23)6-5-7-22-15-24(22)20-12-10-19(11-13-20)17(3)18-8-9-18/h4,10-13,18,21-24H,1-3,5-9,14-15H2. The predicted octanol–water partition coefficient (Wildman–Crippen LogP) is 6.76. The lowest BCUT2D eigenvalue weighted by Crippen LogP contribution is -1.90. The molecule has 0 saturated heterocycles. The largest absolute Gasteiger partial charge is 0.0988 e. The summed E-state index contributed by atoms with van der Waals surface area (Å²) in [5.74, 6) is 4.19. The minimum Gasteiger partial charge on any atom is -0.0988 e. The molecule has 0 heteroatoms. The molecule has 3 saturated carbocycles. The van der Waals surface area contributed by atoms with Gasteiger partial charge in [0.15, 0.2) is 0 Å². The highest BCUT2D eigenvalue weighted by molar-refractivity contribution is 5.67. The average Bonchev–Trinajstić information content (AvgIpc) is 3.47. The second kappa shape index (κ2) is 6.39. The molecule has 0 amide bonds. The molecule has 126 valence electrons. The Morgan fingerprint density at radius 2 is 1.71 bits per heavy atom. The summed E-state index contributed by atoms with van der Waals surface area (Å²) in [4.78, 5) is 0. The van der Waals surface area contributed by atoms with Crippen LogP contribution in [0.25, 0.3) is 5.57 Å². The highest BCUT2D eigenvalue weighted by Crippen LogP contribution is 2.52. The molecule has 0 N–H and O–H groups in total. The van der Waals surface area contributed by atoms with Crippen molar-refractivity contribution in [3.63, 3.8) is 0 Å². The summed E-state index contributed by atoms with van der Waals surface area (Å²) < 4.78 is 0. The Labute approximate surface area is 147 Å². The van der Waals surface area contributed by atoms with Crippen molar-refractivity contribution in [1.29, 1.82) is 0 Å². The third-order valence-corrected chi connectivity index (χ3v) is 6.51. The van der Waals surface area contributed by atoms with Crippen LogP contribution in [0.4, 0.5) is 0 Å². The molecule has 4 atom stereocenters. The lowest BCUT2D eigenvalue weighted by molar-refractivity contribution is 0.571. The highest BCUT2D eigenvalue weighted by Gasteiger charge is 2.40. The van der Waals surface area contributed by atoms with Gasteiger partial charge in [0.2, 0.25) is 0 Å². The molecule has 3 fully saturated rings. The smallest absolute Gasteiger partial charge is 0.0131 e. The summed E-state index contributed by atoms with van der Waals surface area (Å²) in [5, 5.41) is 0. The molecule has 0 radical (unpaired) electrons. The Morgan fingerprint density at radius 1 is 1.00 bits per heavy atom. The first kappa shape index (κ1) is 15.9. The van der Waals surface area contributed by atoms with Crippen molar-refractivity contribution < 1.29 is 0 Å². The molecular formula is C24H30. The van der Waals surface area contributed by atoms with Crippen molar-refractivity contribution in [2.24, 2.45) is 23.7 Å². The molecule has 1 aromatic carbocycles. The summed E-state index contributed by atoms with van der Waals surface area (Å²) in [6, 6.07) is 9.33. The highest BCUT2D eigenvalue weighted by atomic mass is 14.4. The first-order valence-electron chi connectivity index (χ1n) is 9.77. The van der Waals surface area contributed by atoms with E-state index in [0.717, 1.165) is 29.6 Å². The predicted molar refractivity (Wildman–Crippen MR) is 104 cm³/mol. The van der Waals surface area contributed by atoms with Gasteiger partial charge in [-0.25, -0.2) is 0 Å². The second-order valence-electron chi connectivity index (χ2n) is 8.34. The van der Waals surface area contributed by atoms with Gasteiger partial charge in [-0.3, -0.25) is 0 Å². The van der Waals surface area contributed by atoms with Gasteiger partial charge in [0.05, 0.1) is 0 Å². The Morgan fingerprint density at radius 3 is 2.38 bits per heavy atom. The zero-order chi connectivity index (χ0) is 16.7. The summed E-state index contributed by atoms with van der Waals surface area (Å²) >= 11 is 0. The van der Waals surface area contributed by atoms with Crippen molar-refractivity contribution >= 4 is 5.57 Å². The molecule has 0 nitrogen and oxygen atoms in total. The number of hydrogen-bond acceptors (Lipinski definition) is 0. The van der Waals surface area contributed by atoms with Crippen LogP contribution in [-0.4, -0.2) is 0 Å². The van der Waals surface area contributed by atoms with Crippen molar-refractivity contribution in [3.05, 3.63) is 66.8 Å². The number of benzene rings is 1. The second-order valence-corrected chi connectivity index (χ2v) is 8.34. The van der Waals surface area contributed by atoms with Crippen LogP contribution < -0.4 is 0 Å². The lowest BCUT2D eigenvalue weighted by Gasteiger charge is -2.06. The van der Waals surface area contributed by atoms with E-state index in [1.165, 1.54) is 61.7 Å². The van der Waals surface area contributed by atoms with E-state index in [-0.39, 0.29) is 0 Å². The molecule has 1 aromatic rings. The molecule has 0 heterocycles. The van der Waals surface area contributed by atoms with Gasteiger partial charge in [0, 0.05) is 0 Å². The van der Waals surface area contributed by atoms with E-state index < -0.39 is 0 Å². The normalized spacial score (nSPS) is 30.7. The van der Waals surface area contributed by atoms with Crippen LogP contribution in [0.3, 0.4) is 0 Å². The van der Waals surface area contributed by atoms with E-state index in [2.05, 4.69) is 44.0 Å². The van der Waals surface area contributed by atoms with E-state index >= 15 is 0 Å². The van der Waals surface area contributed by atoms with Crippen LogP contribution in [0.2, 0.25) is 0 Å². The summed E-state index contributed by atoms with van der Waals surface area (Å²) in [6.07, 6.45) is 11.6. The maximum atomic E-state index is 4.27. The molecule has 0 aliphatic heterocycles. The average molecular weight is 319 g/mol. The first-order chi connectivity index (χ1) is 11.7. The summed E-state index contributed by atoms with van der Waals surface area (Å²) in [5.41, 5.74) is 5.53. The zero-order valence-corrected chi connectivity index (χ0v) is 14.8. The summed E-state index contributed by atoms with van der Waals surface area (Å²) in [6.45, 7) is 12.2. The molecule has 0 bridgehead atoms. The molecule has 24 heavy (non-hydrogen) atoms. The van der Waals surface area contributed by atoms with E-state index in [9.17, 15) is 0 Å². The maximum absolute atomic E-state index is 4.27. The fourth-order valence-electron chi connectivity index (χ4n) is 4.40. The van der Waals surface area contributed by atoms with E-state index in [1.807, 2.05) is 6.08 Å². The van der Waals surface area contributed by atoms with Gasteiger partial charge < -0.3 is 0 Å². The molecule has 3 aliphatic rings. The fourth-order valence-corrected chi connectivity index (χ4v) is 4.40. The van der Waals surface area contributed by atoms with Crippen molar-refractivity contribution in [3.8, 4) is 0 Å². The Hall–Kier alpha value is -1.56. The first-order valence-corrected chi connectivity index (χ1v) is 9.77. The quantitative estimate of drug-likeness (QED) is 0.441. The van der Waals surface area contributed by atoms with Crippen molar-refractivity contribution in [1.82, 2.24) is 0 Å². The van der Waals surface area contributed by atoms with Crippen LogP contribution in [-0.2, 0) is 0 Å². The van der Waals surface area contributed by atoms with Gasteiger partial charge in [0.1, 0.15) is 0 Å². The Bertz CT molecular complexity index is 643. The number of allylic oxidation sites excluding steroid dienone is 3. The van der Waals surface area contributed by atoms with Gasteiger partial charge in [0.25, 0.3) is 0 Å². The van der Waals surface area contributed by atoms with Crippen LogP contribution in [0.5, 0.6) is 0 Å². The third kappa shape index (κ3) is 3.43. The van der Waals surface area contributed by atoms with E-state index in [1.54, 1.807) is 5.56 Å². The Kier molecular flexibility index (Phi) is 4.24. The topological polar surface area (TPSA) is 0 Å². The molecule has 0 spiro atoms. The molecule has 4 unspecified atom stereocenters. The van der Waals surface area contributed by atoms with E-state index in [4.69, 9.17) is 0 Å². The van der Waals surface area contributed by atoms with Crippen LogP contribution in [0.1, 0.15) is 62.0 Å². The minimum atomic E-state index is 0.754. The van der Waals surface area contributed by atoms with Gasteiger partial charge in [-0.15, -0.1) is 0 Å². The van der Waals surface area contributed by atoms with Gasteiger partial charge in [-0.2, -0.15) is 0 Å². The van der Waals surface area contributed by atoms with Crippen molar-refractivity contribution in [2.45, 2.75) is 50.9 Å². The van der Waals surface area contributed by atoms with Gasteiger partial charge in [-0.1, -0.05) is 62.1 Å². The van der Waals surface area contributed by atoms with Gasteiger partial charge >= 0.3 is 0 Å². The zero-order valence-electron chi connectivity index (χ0n) is 14.8. The third-order valence-electron chi connectivity index (χ3n) is 6.51. The fraction of sp³-hybridized carbons (Fsp3) is 0.500. The molecule has 4 rings (SSSR count). The van der Waals surface area contributed by atoms with Crippen LogP contribution >= 0.6 is 0 Å². The SMILES string of the molecule is C=CC(=C)C1CC1CCCC1CC1c1ccc(C(=C)C2CC2)cc1. The molecular weight excluding hydrogens is 288 g/mol. The van der Waals surface area contributed by atoms with Crippen LogP contribution in [0, 0.1) is 23.7 Å². The van der Waals surface area contributed by atoms with Gasteiger partial charge in [-0.05, 0) is 84.8 Å². The lowest BCUT2D eigenvalue weighted by atomic mass is 9.99. The maximum Gasteiger partial charge on any atom is -0.0131 e. The number of hydrogen-bond donors (Lipinski definition) is 0. The number of rotatable bonds is 9. The van der Waals surface area contributed by atoms with E-state index in [0.29, 0.717) is 0 Å². The molecule has 0 aromatic heterocycles. The van der Waals surface area contributed by atoms with Crippen molar-refractivity contribution in [2.75, 3.05) is 0 Å².